The molecule has 34 heavy (non-hydrogen) atoms. The summed E-state index contributed by atoms with van der Waals surface area (Å²) in [5, 5.41) is 19.0. The Morgan fingerprint density at radius 2 is 0.735 bits per heavy atom. The van der Waals surface area contributed by atoms with Gasteiger partial charge in [-0.1, -0.05) is 13.2 Å². The summed E-state index contributed by atoms with van der Waals surface area (Å²) in [7, 11) is -10.6. The summed E-state index contributed by atoms with van der Waals surface area (Å²) >= 11 is -5.88. The van der Waals surface area contributed by atoms with Gasteiger partial charge in [-0.3, -0.25) is 0 Å². The first-order valence-electron chi connectivity index (χ1n) is 5.25. The van der Waals surface area contributed by atoms with Crippen molar-refractivity contribution in [3.05, 3.63) is 24.3 Å². The van der Waals surface area contributed by atoms with Gasteiger partial charge in [0.05, 0.1) is 11.9 Å². The fraction of sp³-hybridized carbons (Fsp3) is 0.250. The maximum Gasteiger partial charge on any atom is -0.369 e. The van der Waals surface area contributed by atoms with Gasteiger partial charge in [0.25, 0.3) is 0 Å². The maximum absolute atomic E-state index is 9.49. The van der Waals surface area contributed by atoms with E-state index in [0.29, 0.717) is 0 Å². The van der Waals surface area contributed by atoms with Crippen molar-refractivity contribution in [2.75, 3.05) is 0 Å². The van der Waals surface area contributed by atoms with Gasteiger partial charge >= 0.3 is 30.5 Å². The van der Waals surface area contributed by atoms with E-state index in [1.54, 1.807) is 0 Å². The van der Waals surface area contributed by atoms with Gasteiger partial charge < -0.3 is 72.0 Å². The minimum absolute atomic E-state index is 0. The van der Waals surface area contributed by atoms with Crippen molar-refractivity contribution in [3.8, 4) is 0 Å². The maximum atomic E-state index is 9.49. The van der Waals surface area contributed by atoms with E-state index < -0.39 is 47.3 Å². The Hall–Kier alpha value is -1.88. The van der Waals surface area contributed by atoms with Gasteiger partial charge in [-0.15, -0.1) is 8.67 Å². The van der Waals surface area contributed by atoms with Crippen molar-refractivity contribution in [2.24, 2.45) is 0 Å². The summed E-state index contributed by atoms with van der Waals surface area (Å²) in [6, 6.07) is 0. The van der Waals surface area contributed by atoms with Crippen molar-refractivity contribution >= 4 is 47.3 Å². The first kappa shape index (κ1) is 69.7. The standard InChI is InChI=1S/2C4H6O2.AsH3O4.7H3N.H2O8S2/c2*1-3(2)4(5)6;2-1(3,4)5;;;;;;;;1-9(2,3)7-8-10(4,5)6/h2*1H2,2H3,(H,5,6);(H3,2,3,4,5);7*1H3;(H,1,2,3)(H,4,5,6). The number of carbonyl (C=O) groups is 2. The van der Waals surface area contributed by atoms with Crippen LogP contribution in [-0.4, -0.2) is 52.4 Å². The molecular formula is C8H38AsN7O16S2. The van der Waals surface area contributed by atoms with Crippen molar-refractivity contribution in [2.45, 2.75) is 13.8 Å². The van der Waals surface area contributed by atoms with Crippen molar-refractivity contribution in [3.63, 3.8) is 0 Å². The number of carboxylic acid groups (broad SMARTS) is 2. The van der Waals surface area contributed by atoms with E-state index in [-0.39, 0.29) is 54.2 Å². The molecule has 0 saturated heterocycles. The third kappa shape index (κ3) is 148. The second-order valence-corrected chi connectivity index (χ2v) is 7.32. The molecule has 0 rings (SSSR count). The van der Waals surface area contributed by atoms with E-state index in [0.717, 1.165) is 0 Å². The van der Waals surface area contributed by atoms with Crippen LogP contribution in [0.1, 0.15) is 13.8 Å². The first-order chi connectivity index (χ1) is 11.5. The second kappa shape index (κ2) is 31.1. The Bertz CT molecular complexity index is 693. The third-order valence-electron chi connectivity index (χ3n) is 0.891. The first-order valence-corrected chi connectivity index (χ1v) is 11.0. The van der Waals surface area contributed by atoms with Crippen LogP contribution < -0.4 is 65.6 Å². The fourth-order valence-electron chi connectivity index (χ4n) is 0.0680. The van der Waals surface area contributed by atoms with Crippen molar-refractivity contribution in [1.82, 2.24) is 43.1 Å². The summed E-state index contributed by atoms with van der Waals surface area (Å²) < 4.78 is 95.9. The molecule has 0 fully saturated rings. The summed E-state index contributed by atoms with van der Waals surface area (Å²) in [6.07, 6.45) is 0. The predicted octanol–water partition coefficient (Wildman–Crippen LogP) is -4.95. The molecule has 0 aliphatic heterocycles. The van der Waals surface area contributed by atoms with Crippen LogP contribution in [0.4, 0.5) is 0 Å². The van der Waals surface area contributed by atoms with Crippen LogP contribution in [0.2, 0.25) is 0 Å². The second-order valence-electron chi connectivity index (χ2n) is 3.54. The van der Waals surface area contributed by atoms with Crippen LogP contribution in [0, 0.1) is 0 Å². The molecule has 0 aromatic carbocycles. The molecule has 0 aromatic heterocycles. The van der Waals surface area contributed by atoms with Crippen LogP contribution in [0.3, 0.4) is 0 Å². The van der Waals surface area contributed by atoms with Crippen LogP contribution in [0.15, 0.2) is 24.3 Å². The largest absolute Gasteiger partial charge is 0.369 e. The molecule has 0 bridgehead atoms. The fourth-order valence-corrected chi connectivity index (χ4v) is 0.612. The molecule has 0 atom stereocenters. The summed E-state index contributed by atoms with van der Waals surface area (Å²) in [6.45, 7) is 8.95. The number of hydrogen-bond acceptors (Lipinski definition) is 16. The van der Waals surface area contributed by atoms with Gasteiger partial charge in [0, 0.05) is 0 Å². The van der Waals surface area contributed by atoms with Gasteiger partial charge in [-0.2, -0.15) is 0 Å². The molecule has 0 radical (unpaired) electrons. The Morgan fingerprint density at radius 1 is 0.647 bits per heavy atom. The summed E-state index contributed by atoms with van der Waals surface area (Å²) in [4.78, 5) is 19.0. The molecule has 218 valence electrons. The Kier molecular flexibility index (Phi) is 63.8. The zero-order chi connectivity index (χ0) is 23.2. The normalized spacial score (nSPS) is 8.32. The van der Waals surface area contributed by atoms with Crippen LogP contribution >= 0.6 is 0 Å². The van der Waals surface area contributed by atoms with E-state index in [1.165, 1.54) is 13.8 Å². The topological polar surface area (TPSA) is 555 Å². The van der Waals surface area contributed by atoms with Crippen LogP contribution in [0.25, 0.3) is 0 Å². The number of rotatable bonds is 5. The predicted molar refractivity (Wildman–Crippen MR) is 110 cm³/mol. The van der Waals surface area contributed by atoms with Gasteiger partial charge in [0.1, 0.15) is 0 Å². The summed E-state index contributed by atoms with van der Waals surface area (Å²) in [5.74, 6) is -2.37. The molecular weight excluding hydrogens is 589 g/mol. The molecule has 0 saturated carbocycles. The molecule has 28 N–H and O–H groups in total. The summed E-state index contributed by atoms with van der Waals surface area (Å²) in [5.41, 5.74) is 0.130. The Morgan fingerprint density at radius 3 is 0.765 bits per heavy atom. The SMILES string of the molecule is C=C(C)C(=O)[O-].C=C(C)C(=O)[O-].O=S(=O)([O-])OOS(=O)(=O)[O-].O=[As]([O-])([O-])[O-].[NH4+].[NH4+].[NH4+].[NH4+].[NH4+].[NH4+].[NH4+]. The van der Waals surface area contributed by atoms with E-state index in [2.05, 4.69) is 21.8 Å². The minimum Gasteiger partial charge on any atom is -0.369 e. The van der Waals surface area contributed by atoms with E-state index in [4.69, 9.17) is 16.0 Å². The number of quaternary nitrogens is 7. The Labute approximate surface area is 199 Å². The van der Waals surface area contributed by atoms with Crippen molar-refractivity contribution in [1.29, 1.82) is 0 Å². The molecule has 0 aliphatic carbocycles. The van der Waals surface area contributed by atoms with E-state index >= 15 is 0 Å². The Balaban J connectivity index is -0.0000000222. The number of hydrogen-bond donors (Lipinski definition) is 7. The average Bonchev–Trinajstić information content (AvgIpc) is 2.34. The molecule has 0 spiro atoms. The van der Waals surface area contributed by atoms with Gasteiger partial charge in [-0.25, -0.2) is 16.8 Å². The zero-order valence-electron chi connectivity index (χ0n) is 20.2. The molecule has 0 unspecified atom stereocenters. The average molecular weight is 627 g/mol. The van der Waals surface area contributed by atoms with Gasteiger partial charge in [-0.05, 0) is 25.0 Å². The number of carboxylic acids is 2. The number of aliphatic carboxylic acids is 2. The molecule has 26 heteroatoms. The van der Waals surface area contributed by atoms with Crippen LogP contribution in [0.5, 0.6) is 0 Å². The zero-order valence-corrected chi connectivity index (χ0v) is 23.7. The molecule has 0 aromatic rings. The molecule has 0 heterocycles. The molecule has 0 amide bonds. The minimum atomic E-state index is -5.88. The quantitative estimate of drug-likeness (QED) is 0.0374. The van der Waals surface area contributed by atoms with E-state index in [9.17, 15) is 45.7 Å². The third-order valence-corrected chi connectivity index (χ3v) is 1.45. The molecule has 0 aliphatic rings. The van der Waals surface area contributed by atoms with Gasteiger partial charge in [0.2, 0.25) is 20.8 Å². The monoisotopic (exact) mass is 627 g/mol. The molecule has 23 nitrogen and oxygen atoms in total. The van der Waals surface area contributed by atoms with Crippen molar-refractivity contribution < 1.29 is 70.4 Å². The van der Waals surface area contributed by atoms with E-state index in [1.807, 2.05) is 0 Å². The number of carbonyl (C=O) groups excluding carboxylic acids is 2. The smallest absolute Gasteiger partial charge is 0.369 e. The van der Waals surface area contributed by atoms with Crippen LogP contribution in [-0.2, 0) is 42.8 Å². The van der Waals surface area contributed by atoms with Gasteiger partial charge in [0.15, 0.2) is 0 Å².